The molecule has 1 aromatic heterocycles. The van der Waals surface area contributed by atoms with Gasteiger partial charge in [0.05, 0.1) is 30.8 Å². The lowest BCUT2D eigenvalue weighted by Gasteiger charge is -2.38. The topological polar surface area (TPSA) is 73.7 Å². The molecule has 0 saturated heterocycles. The third kappa shape index (κ3) is 3.54. The number of aromatic nitrogens is 2. The molecule has 0 N–H and O–H groups in total. The van der Waals surface area contributed by atoms with Crippen molar-refractivity contribution in [3.8, 4) is 5.75 Å². The van der Waals surface area contributed by atoms with Gasteiger partial charge in [-0.05, 0) is 31.5 Å². The summed E-state index contributed by atoms with van der Waals surface area (Å²) in [5.74, 6) is -0.686. The molecule has 1 aliphatic heterocycles. The Hall–Kier alpha value is -3.35. The first-order valence-corrected chi connectivity index (χ1v) is 10.7. The summed E-state index contributed by atoms with van der Waals surface area (Å²) in [6.07, 6.45) is 1.73. The zero-order valence-corrected chi connectivity index (χ0v) is 18.1. The van der Waals surface area contributed by atoms with Gasteiger partial charge in [-0.1, -0.05) is 43.7 Å². The Balaban J connectivity index is 2.01. The van der Waals surface area contributed by atoms with Gasteiger partial charge in [-0.15, -0.1) is 0 Å². The van der Waals surface area contributed by atoms with E-state index in [1.54, 1.807) is 18.9 Å². The normalized spacial score (nSPS) is 18.2. The molecule has 7 nitrogen and oxygen atoms in total. The molecular weight excluding hydrogens is 394 g/mol. The predicted octanol–water partition coefficient (Wildman–Crippen LogP) is 3.96. The summed E-state index contributed by atoms with van der Waals surface area (Å²) in [4.78, 5) is 33.3. The van der Waals surface area contributed by atoms with E-state index >= 15 is 0 Å². The number of anilines is 1. The lowest BCUT2D eigenvalue weighted by molar-refractivity contribution is -0.153. The van der Waals surface area contributed by atoms with Crippen LogP contribution in [-0.2, 0) is 14.3 Å². The average Bonchev–Trinajstić information content (AvgIpc) is 3.17. The first kappa shape index (κ1) is 20.9. The summed E-state index contributed by atoms with van der Waals surface area (Å²) in [5, 5.41) is 0. The van der Waals surface area contributed by atoms with Gasteiger partial charge < -0.3 is 14.0 Å². The second-order valence-corrected chi connectivity index (χ2v) is 7.53. The lowest BCUT2D eigenvalue weighted by Crippen LogP contribution is -2.50. The molecule has 3 aromatic rings. The highest BCUT2D eigenvalue weighted by atomic mass is 16.5. The number of nitrogens with zero attached hydrogens (tertiary/aromatic N) is 3. The summed E-state index contributed by atoms with van der Waals surface area (Å²) in [7, 11) is 1.59. The van der Waals surface area contributed by atoms with E-state index in [0.29, 0.717) is 18.2 Å². The Labute approximate surface area is 181 Å². The number of carbonyl (C=O) groups is 2. The van der Waals surface area contributed by atoms with Crippen LogP contribution in [0.5, 0.6) is 5.75 Å². The minimum atomic E-state index is -1.03. The monoisotopic (exact) mass is 421 g/mol. The van der Waals surface area contributed by atoms with Gasteiger partial charge in [-0.3, -0.25) is 14.5 Å². The smallest absolute Gasteiger partial charge is 0.321 e. The Morgan fingerprint density at radius 2 is 1.84 bits per heavy atom. The second kappa shape index (κ2) is 8.79. The number of methoxy groups -OCH3 is 1. The van der Waals surface area contributed by atoms with E-state index in [9.17, 15) is 9.59 Å². The maximum absolute atomic E-state index is 13.7. The number of ether oxygens (including phenoxy) is 2. The van der Waals surface area contributed by atoms with Gasteiger partial charge in [0, 0.05) is 12.1 Å². The summed E-state index contributed by atoms with van der Waals surface area (Å²) in [6.45, 7) is 4.51. The van der Waals surface area contributed by atoms with E-state index in [-0.39, 0.29) is 12.5 Å². The van der Waals surface area contributed by atoms with Crippen molar-refractivity contribution in [2.24, 2.45) is 5.92 Å². The fraction of sp³-hybridized carbons (Fsp3) is 0.375. The van der Waals surface area contributed by atoms with Crippen LogP contribution in [0, 0.1) is 5.92 Å². The highest BCUT2D eigenvalue weighted by Crippen LogP contribution is 2.43. The molecule has 1 amide bonds. The Bertz CT molecular complexity index is 1110. The number of fused-ring (bicyclic) bond motifs is 3. The van der Waals surface area contributed by atoms with Crippen LogP contribution < -0.4 is 9.64 Å². The van der Waals surface area contributed by atoms with Crippen LogP contribution in [0.4, 0.5) is 5.95 Å². The number of hydrogen-bond acceptors (Lipinski definition) is 5. The predicted molar refractivity (Wildman–Crippen MR) is 118 cm³/mol. The van der Waals surface area contributed by atoms with Crippen molar-refractivity contribution in [2.75, 3.05) is 25.2 Å². The lowest BCUT2D eigenvalue weighted by atomic mass is 9.88. The number of rotatable bonds is 7. The van der Waals surface area contributed by atoms with Crippen molar-refractivity contribution in [2.45, 2.75) is 32.7 Å². The number of carbonyl (C=O) groups excluding carboxylic acids is 2. The number of benzene rings is 2. The van der Waals surface area contributed by atoms with Crippen molar-refractivity contribution in [1.82, 2.24) is 9.55 Å². The maximum Gasteiger partial charge on any atom is 0.321 e. The van der Waals surface area contributed by atoms with Gasteiger partial charge >= 0.3 is 5.97 Å². The molecule has 7 heteroatoms. The van der Waals surface area contributed by atoms with Gasteiger partial charge in [0.2, 0.25) is 11.9 Å². The van der Waals surface area contributed by atoms with Gasteiger partial charge in [-0.25, -0.2) is 4.98 Å². The molecule has 2 atom stereocenters. The van der Waals surface area contributed by atoms with Crippen LogP contribution in [0.3, 0.4) is 0 Å². The standard InChI is InChI=1S/C24H27N3O4/c1-4-6-15-26-22(28)20(23(29)31-5-2)21(16-11-7-10-14-19(16)30-3)27-18-13-9-8-12-17(18)25-24(26)27/h7-14,20-21H,4-6,15H2,1-3H3/t20-,21-/m0/s1. The highest BCUT2D eigenvalue weighted by molar-refractivity contribution is 6.08. The molecule has 0 aliphatic carbocycles. The van der Waals surface area contributed by atoms with Crippen molar-refractivity contribution in [3.05, 3.63) is 54.1 Å². The van der Waals surface area contributed by atoms with Gasteiger partial charge in [-0.2, -0.15) is 0 Å². The Morgan fingerprint density at radius 3 is 2.58 bits per heavy atom. The number of amides is 1. The molecule has 0 saturated carbocycles. The van der Waals surface area contributed by atoms with Crippen LogP contribution in [0.25, 0.3) is 11.0 Å². The third-order valence-corrected chi connectivity index (χ3v) is 5.68. The van der Waals surface area contributed by atoms with Crippen LogP contribution in [0.1, 0.15) is 38.3 Å². The van der Waals surface area contributed by atoms with Crippen molar-refractivity contribution < 1.29 is 19.1 Å². The SMILES string of the molecule is CCCCN1C(=O)[C@@H](C(=O)OCC)[C@H](c2ccccc2OC)n2c1nc1ccccc12. The molecule has 2 aromatic carbocycles. The van der Waals surface area contributed by atoms with Crippen molar-refractivity contribution in [3.63, 3.8) is 0 Å². The maximum atomic E-state index is 13.7. The molecular formula is C24H27N3O4. The average molecular weight is 421 g/mol. The molecule has 0 unspecified atom stereocenters. The quantitative estimate of drug-likeness (QED) is 0.426. The summed E-state index contributed by atoms with van der Waals surface area (Å²) in [6, 6.07) is 14.6. The molecule has 4 rings (SSSR count). The van der Waals surface area contributed by atoms with E-state index in [2.05, 4.69) is 6.92 Å². The fourth-order valence-corrected chi connectivity index (χ4v) is 4.26. The van der Waals surface area contributed by atoms with Crippen LogP contribution >= 0.6 is 0 Å². The molecule has 0 spiro atoms. The molecule has 162 valence electrons. The minimum Gasteiger partial charge on any atom is -0.496 e. The Kier molecular flexibility index (Phi) is 5.93. The first-order chi connectivity index (χ1) is 15.1. The number of unbranched alkanes of at least 4 members (excludes halogenated alkanes) is 1. The molecule has 0 fully saturated rings. The first-order valence-electron chi connectivity index (χ1n) is 10.7. The number of imidazole rings is 1. The van der Waals surface area contributed by atoms with Crippen LogP contribution in [0.15, 0.2) is 48.5 Å². The van der Waals surface area contributed by atoms with E-state index in [1.807, 2.05) is 53.1 Å². The second-order valence-electron chi connectivity index (χ2n) is 7.53. The zero-order chi connectivity index (χ0) is 22.0. The van der Waals surface area contributed by atoms with Crippen molar-refractivity contribution in [1.29, 1.82) is 0 Å². The summed E-state index contributed by atoms with van der Waals surface area (Å²) < 4.78 is 13.0. The molecule has 2 heterocycles. The molecule has 31 heavy (non-hydrogen) atoms. The molecule has 0 bridgehead atoms. The Morgan fingerprint density at radius 1 is 1.10 bits per heavy atom. The van der Waals surface area contributed by atoms with Gasteiger partial charge in [0.15, 0.2) is 5.92 Å². The van der Waals surface area contributed by atoms with E-state index in [1.165, 1.54) is 0 Å². The number of para-hydroxylation sites is 3. The number of hydrogen-bond donors (Lipinski definition) is 0. The third-order valence-electron chi connectivity index (χ3n) is 5.68. The minimum absolute atomic E-state index is 0.202. The van der Waals surface area contributed by atoms with Crippen molar-refractivity contribution >= 4 is 28.9 Å². The highest BCUT2D eigenvalue weighted by Gasteiger charge is 2.48. The number of esters is 1. The molecule has 1 aliphatic rings. The van der Waals surface area contributed by atoms with Gasteiger partial charge in [0.1, 0.15) is 5.75 Å². The summed E-state index contributed by atoms with van der Waals surface area (Å²) in [5.41, 5.74) is 2.38. The zero-order valence-electron chi connectivity index (χ0n) is 18.1. The molecule has 0 radical (unpaired) electrons. The van der Waals surface area contributed by atoms with E-state index in [4.69, 9.17) is 14.5 Å². The van der Waals surface area contributed by atoms with Gasteiger partial charge in [0.25, 0.3) is 0 Å². The summed E-state index contributed by atoms with van der Waals surface area (Å²) >= 11 is 0. The van der Waals surface area contributed by atoms with E-state index < -0.39 is 17.9 Å². The van der Waals surface area contributed by atoms with Crippen LogP contribution in [-0.4, -0.2) is 41.7 Å². The fourth-order valence-electron chi connectivity index (χ4n) is 4.26. The van der Waals surface area contributed by atoms with Crippen LogP contribution in [0.2, 0.25) is 0 Å². The van der Waals surface area contributed by atoms with E-state index in [0.717, 1.165) is 29.4 Å². The largest absolute Gasteiger partial charge is 0.496 e.